The number of fused-ring (bicyclic) bond motifs is 2. The van der Waals surface area contributed by atoms with Crippen molar-refractivity contribution in [3.05, 3.63) is 28.9 Å². The van der Waals surface area contributed by atoms with Crippen LogP contribution in [0.4, 0.5) is 10.1 Å². The van der Waals surface area contributed by atoms with Crippen molar-refractivity contribution >= 4 is 5.69 Å². The molecule has 2 bridgehead atoms. The van der Waals surface area contributed by atoms with Crippen LogP contribution in [0, 0.1) is 10.7 Å². The van der Waals surface area contributed by atoms with Gasteiger partial charge in [-0.15, -0.1) is 0 Å². The lowest BCUT2D eigenvalue weighted by atomic mass is 9.98. The van der Waals surface area contributed by atoms with Crippen LogP contribution in [0.1, 0.15) is 19.3 Å². The van der Waals surface area contributed by atoms with Gasteiger partial charge in [-0.2, -0.15) is 0 Å². The first-order valence-electron chi connectivity index (χ1n) is 6.30. The Bertz CT molecular complexity index is 507. The molecular weight excluding hydrogens is 253 g/mol. The van der Waals surface area contributed by atoms with Gasteiger partial charge in [-0.25, -0.2) is 9.23 Å². The molecule has 2 saturated heterocycles. The van der Waals surface area contributed by atoms with Gasteiger partial charge in [0, 0.05) is 18.6 Å². The predicted molar refractivity (Wildman–Crippen MR) is 63.6 cm³/mol. The molecular formula is C13H15FNO4+. The quantitative estimate of drug-likeness (QED) is 0.787. The fourth-order valence-electron chi connectivity index (χ4n) is 2.71. The topological polar surface area (TPSA) is 47.8 Å². The normalized spacial score (nSPS) is 28.4. The van der Waals surface area contributed by atoms with E-state index in [1.165, 1.54) is 25.3 Å². The zero-order valence-corrected chi connectivity index (χ0v) is 10.5. The van der Waals surface area contributed by atoms with Crippen LogP contribution in [-0.4, -0.2) is 30.3 Å². The molecule has 0 aromatic heterocycles. The minimum atomic E-state index is -0.452. The Balaban J connectivity index is 1.83. The molecule has 1 aromatic rings. The Kier molecular flexibility index (Phi) is 3.10. The fraction of sp³-hybridized carbons (Fsp3) is 0.538. The molecule has 0 N–H and O–H groups in total. The van der Waals surface area contributed by atoms with Gasteiger partial charge in [-0.3, -0.25) is 0 Å². The number of halogens is 1. The maximum Gasteiger partial charge on any atom is 0.358 e. The third-order valence-corrected chi connectivity index (χ3v) is 3.61. The summed E-state index contributed by atoms with van der Waals surface area (Å²) in [6.45, 7) is 0. The van der Waals surface area contributed by atoms with Crippen LogP contribution in [0.25, 0.3) is 0 Å². The Morgan fingerprint density at radius 1 is 1.42 bits per heavy atom. The van der Waals surface area contributed by atoms with Crippen molar-refractivity contribution in [3.8, 4) is 5.75 Å². The third-order valence-electron chi connectivity index (χ3n) is 3.61. The summed E-state index contributed by atoms with van der Waals surface area (Å²) in [5.41, 5.74) is 0.159. The largest absolute Gasteiger partial charge is 0.480 e. The van der Waals surface area contributed by atoms with Crippen LogP contribution in [0.15, 0.2) is 18.2 Å². The number of benzene rings is 1. The molecule has 102 valence electrons. The van der Waals surface area contributed by atoms with Crippen molar-refractivity contribution in [2.24, 2.45) is 0 Å². The van der Waals surface area contributed by atoms with E-state index in [2.05, 4.69) is 4.84 Å². The predicted octanol–water partition coefficient (Wildman–Crippen LogP) is 2.50. The minimum absolute atomic E-state index is 0.0452. The Morgan fingerprint density at radius 2 is 2.26 bits per heavy atom. The van der Waals surface area contributed by atoms with Crippen molar-refractivity contribution in [2.75, 3.05) is 7.11 Å². The Hall–Kier alpha value is -1.69. The van der Waals surface area contributed by atoms with Crippen molar-refractivity contribution in [1.82, 2.24) is 0 Å². The molecule has 19 heavy (non-hydrogen) atoms. The SMILES string of the molecule is CO[N+](=O)c1ccc(F)cc1O[C@@H]1CC2CCC1O2. The zero-order chi connectivity index (χ0) is 13.4. The minimum Gasteiger partial charge on any atom is -0.480 e. The summed E-state index contributed by atoms with van der Waals surface area (Å²) in [6, 6.07) is 3.74. The first-order chi connectivity index (χ1) is 9.17. The summed E-state index contributed by atoms with van der Waals surface area (Å²) >= 11 is 0. The number of hydrogen-bond acceptors (Lipinski definition) is 4. The lowest BCUT2D eigenvalue weighted by Crippen LogP contribution is -2.28. The molecule has 0 radical (unpaired) electrons. The van der Waals surface area contributed by atoms with Gasteiger partial charge in [0.25, 0.3) is 4.92 Å². The molecule has 0 amide bonds. The lowest BCUT2D eigenvalue weighted by Gasteiger charge is -2.19. The summed E-state index contributed by atoms with van der Waals surface area (Å²) in [6.07, 6.45) is 2.94. The molecule has 6 heteroatoms. The summed E-state index contributed by atoms with van der Waals surface area (Å²) in [4.78, 5) is 16.4. The van der Waals surface area contributed by atoms with E-state index in [-0.39, 0.29) is 29.7 Å². The highest BCUT2D eigenvalue weighted by Crippen LogP contribution is 2.38. The monoisotopic (exact) mass is 268 g/mol. The summed E-state index contributed by atoms with van der Waals surface area (Å²) in [7, 11) is 1.25. The van der Waals surface area contributed by atoms with Gasteiger partial charge < -0.3 is 9.47 Å². The van der Waals surface area contributed by atoms with E-state index in [0.717, 1.165) is 19.3 Å². The van der Waals surface area contributed by atoms with Crippen LogP contribution >= 0.6 is 0 Å². The summed E-state index contributed by atoms with van der Waals surface area (Å²) in [5.74, 6) is -0.259. The van der Waals surface area contributed by atoms with Crippen molar-refractivity contribution in [1.29, 1.82) is 0 Å². The number of ether oxygens (including phenoxy) is 2. The van der Waals surface area contributed by atoms with Gasteiger partial charge >= 0.3 is 5.69 Å². The van der Waals surface area contributed by atoms with Crippen molar-refractivity contribution in [3.63, 3.8) is 0 Å². The van der Waals surface area contributed by atoms with E-state index in [1.54, 1.807) is 0 Å². The highest BCUT2D eigenvalue weighted by molar-refractivity contribution is 5.46. The van der Waals surface area contributed by atoms with Crippen LogP contribution < -0.4 is 4.74 Å². The van der Waals surface area contributed by atoms with E-state index in [1.807, 2.05) is 0 Å². The Morgan fingerprint density at radius 3 is 2.89 bits per heavy atom. The van der Waals surface area contributed by atoms with Crippen LogP contribution in [-0.2, 0) is 9.57 Å². The average molecular weight is 268 g/mol. The number of nitrogens with zero attached hydrogens (tertiary/aromatic N) is 1. The Labute approximate surface area is 109 Å². The molecule has 3 atom stereocenters. The van der Waals surface area contributed by atoms with E-state index in [9.17, 15) is 9.30 Å². The molecule has 2 fully saturated rings. The molecule has 5 nitrogen and oxygen atoms in total. The van der Waals surface area contributed by atoms with Gasteiger partial charge in [-0.05, 0) is 18.9 Å². The molecule has 0 aliphatic carbocycles. The van der Waals surface area contributed by atoms with E-state index >= 15 is 0 Å². The van der Waals surface area contributed by atoms with E-state index in [0.29, 0.717) is 4.92 Å². The molecule has 3 rings (SSSR count). The lowest BCUT2D eigenvalue weighted by molar-refractivity contribution is -0.736. The van der Waals surface area contributed by atoms with Gasteiger partial charge in [0.2, 0.25) is 5.75 Å². The van der Waals surface area contributed by atoms with Gasteiger partial charge in [-0.1, -0.05) is 0 Å². The maximum atomic E-state index is 13.3. The molecule has 2 aliphatic heterocycles. The van der Waals surface area contributed by atoms with Crippen LogP contribution in [0.3, 0.4) is 0 Å². The van der Waals surface area contributed by atoms with Crippen LogP contribution in [0.5, 0.6) is 5.75 Å². The van der Waals surface area contributed by atoms with Crippen LogP contribution in [0.2, 0.25) is 0 Å². The molecule has 2 unspecified atom stereocenters. The molecule has 0 spiro atoms. The number of hydrogen-bond donors (Lipinski definition) is 0. The highest BCUT2D eigenvalue weighted by Gasteiger charge is 2.43. The standard InChI is InChI=1S/C13H15FNO4/c1-17-15(16)10-4-2-8(14)6-12(10)19-13-7-9-3-5-11(13)18-9/h2,4,6,9,11,13H,3,5,7H2,1H3/q+1/t9?,11?,13-/m1/s1. The molecule has 2 aliphatic rings. The second kappa shape index (κ2) is 4.77. The molecule has 0 saturated carbocycles. The smallest absolute Gasteiger partial charge is 0.358 e. The van der Waals surface area contributed by atoms with Crippen molar-refractivity contribution in [2.45, 2.75) is 37.6 Å². The number of rotatable bonds is 4. The van der Waals surface area contributed by atoms with Gasteiger partial charge in [0.1, 0.15) is 11.9 Å². The zero-order valence-electron chi connectivity index (χ0n) is 10.5. The average Bonchev–Trinajstić information content (AvgIpc) is 3.00. The summed E-state index contributed by atoms with van der Waals surface area (Å²) in [5, 5.41) is 0. The third kappa shape index (κ3) is 2.28. The van der Waals surface area contributed by atoms with E-state index < -0.39 is 5.82 Å². The first-order valence-corrected chi connectivity index (χ1v) is 6.30. The van der Waals surface area contributed by atoms with E-state index in [4.69, 9.17) is 9.47 Å². The molecule has 1 aromatic carbocycles. The second-order valence-corrected chi connectivity index (χ2v) is 4.82. The fourth-order valence-corrected chi connectivity index (χ4v) is 2.71. The van der Waals surface area contributed by atoms with Gasteiger partial charge in [0.15, 0.2) is 7.11 Å². The summed E-state index contributed by atoms with van der Waals surface area (Å²) < 4.78 is 24.7. The second-order valence-electron chi connectivity index (χ2n) is 4.82. The van der Waals surface area contributed by atoms with Gasteiger partial charge in [0.05, 0.1) is 17.1 Å². The highest BCUT2D eigenvalue weighted by atomic mass is 19.1. The maximum absolute atomic E-state index is 13.3. The van der Waals surface area contributed by atoms with Crippen molar-refractivity contribution < 1.29 is 23.6 Å². The first kappa shape index (κ1) is 12.3. The molecule has 2 heterocycles.